The zero-order valence-electron chi connectivity index (χ0n) is 9.36. The first-order chi connectivity index (χ1) is 7.60. The van der Waals surface area contributed by atoms with Crippen LogP contribution < -0.4 is 10.9 Å². The fourth-order valence-corrected chi connectivity index (χ4v) is 1.59. The average Bonchev–Trinajstić information content (AvgIpc) is 2.30. The second-order valence-electron chi connectivity index (χ2n) is 3.08. The molecule has 16 heavy (non-hydrogen) atoms. The molecule has 0 aliphatic carbocycles. The molecule has 0 bridgehead atoms. The van der Waals surface area contributed by atoms with E-state index in [0.717, 1.165) is 0 Å². The second kappa shape index (κ2) is 5.97. The zero-order valence-corrected chi connectivity index (χ0v) is 10.9. The van der Waals surface area contributed by atoms with Crippen molar-refractivity contribution >= 4 is 21.6 Å². The van der Waals surface area contributed by atoms with Crippen LogP contribution in [0.5, 0.6) is 0 Å². The van der Waals surface area contributed by atoms with Crippen molar-refractivity contribution in [1.29, 1.82) is 0 Å². The Morgan fingerprint density at radius 2 is 2.19 bits per heavy atom. The van der Waals surface area contributed by atoms with Gasteiger partial charge >= 0.3 is 0 Å². The highest BCUT2D eigenvalue weighted by Crippen LogP contribution is 2.15. The van der Waals surface area contributed by atoms with E-state index < -0.39 is 0 Å². The van der Waals surface area contributed by atoms with E-state index in [4.69, 9.17) is 9.47 Å². The van der Waals surface area contributed by atoms with Crippen LogP contribution in [0, 0.1) is 0 Å². The molecule has 0 unspecified atom stereocenters. The topological polar surface area (TPSA) is 65.4 Å². The molecule has 0 fully saturated rings. The quantitative estimate of drug-likeness (QED) is 0.804. The molecule has 0 aromatic carbocycles. The highest BCUT2D eigenvalue weighted by atomic mass is 79.9. The molecule has 0 spiro atoms. The number of nitrogens with one attached hydrogen (secondary N) is 1. The van der Waals surface area contributed by atoms with E-state index in [2.05, 4.69) is 26.3 Å². The first-order valence-corrected chi connectivity index (χ1v) is 5.40. The Morgan fingerprint density at radius 3 is 2.75 bits per heavy atom. The Morgan fingerprint density at radius 1 is 1.56 bits per heavy atom. The Balaban J connectivity index is 2.75. The fraction of sp³-hybridized carbons (Fsp3) is 0.556. The van der Waals surface area contributed by atoms with Gasteiger partial charge in [0.25, 0.3) is 5.56 Å². The minimum absolute atomic E-state index is 0.198. The molecule has 1 N–H and O–H groups in total. The maximum absolute atomic E-state index is 11.5. The van der Waals surface area contributed by atoms with E-state index in [1.807, 2.05) is 0 Å². The third kappa shape index (κ3) is 3.03. The summed E-state index contributed by atoms with van der Waals surface area (Å²) in [7, 11) is 4.68. The number of nitrogens with zero attached hydrogens (tertiary/aromatic N) is 2. The highest BCUT2D eigenvalue weighted by Gasteiger charge is 2.09. The van der Waals surface area contributed by atoms with Gasteiger partial charge < -0.3 is 14.8 Å². The van der Waals surface area contributed by atoms with Gasteiger partial charge in [0.05, 0.1) is 18.4 Å². The minimum atomic E-state index is -0.365. The number of hydrogen-bond donors (Lipinski definition) is 1. The van der Waals surface area contributed by atoms with Crippen molar-refractivity contribution in [1.82, 2.24) is 9.78 Å². The molecule has 6 nitrogen and oxygen atoms in total. The molecular weight excluding hydrogens is 278 g/mol. The molecule has 1 aromatic rings. The smallest absolute Gasteiger partial charge is 0.282 e. The highest BCUT2D eigenvalue weighted by molar-refractivity contribution is 9.10. The van der Waals surface area contributed by atoms with Crippen molar-refractivity contribution in [2.45, 2.75) is 6.29 Å². The van der Waals surface area contributed by atoms with Gasteiger partial charge in [0.15, 0.2) is 6.29 Å². The maximum Gasteiger partial charge on any atom is 0.282 e. The van der Waals surface area contributed by atoms with Crippen molar-refractivity contribution in [2.24, 2.45) is 7.05 Å². The van der Waals surface area contributed by atoms with E-state index in [1.54, 1.807) is 27.5 Å². The van der Waals surface area contributed by atoms with E-state index >= 15 is 0 Å². The van der Waals surface area contributed by atoms with Gasteiger partial charge in [-0.25, -0.2) is 4.68 Å². The molecule has 90 valence electrons. The van der Waals surface area contributed by atoms with Gasteiger partial charge in [-0.3, -0.25) is 4.79 Å². The van der Waals surface area contributed by atoms with Crippen LogP contribution in [-0.2, 0) is 16.5 Å². The maximum atomic E-state index is 11.5. The molecule has 0 saturated heterocycles. The standard InChI is InChI=1S/C9H14BrN3O3/c1-13-9(14)8(10)6(4-12-13)11-5-7(15-2)16-3/h4,7,11H,5H2,1-3H3. The Bertz CT molecular complexity index is 403. The summed E-state index contributed by atoms with van der Waals surface area (Å²) in [5, 5.41) is 6.91. The van der Waals surface area contributed by atoms with Crippen molar-refractivity contribution in [2.75, 3.05) is 26.1 Å². The zero-order chi connectivity index (χ0) is 12.1. The molecule has 0 aliphatic heterocycles. The van der Waals surface area contributed by atoms with Gasteiger partial charge in [0.2, 0.25) is 0 Å². The molecule has 0 atom stereocenters. The summed E-state index contributed by atoms with van der Waals surface area (Å²) >= 11 is 3.21. The second-order valence-corrected chi connectivity index (χ2v) is 3.88. The number of rotatable bonds is 5. The summed E-state index contributed by atoms with van der Waals surface area (Å²) in [4.78, 5) is 11.5. The third-order valence-electron chi connectivity index (χ3n) is 2.06. The molecule has 0 aliphatic rings. The van der Waals surface area contributed by atoms with Gasteiger partial charge in [-0.2, -0.15) is 5.10 Å². The van der Waals surface area contributed by atoms with Crippen molar-refractivity contribution in [3.05, 3.63) is 21.0 Å². The van der Waals surface area contributed by atoms with Crippen LogP contribution in [0.15, 0.2) is 15.5 Å². The van der Waals surface area contributed by atoms with Crippen LogP contribution in [0.3, 0.4) is 0 Å². The molecule has 0 amide bonds. The Hall–Kier alpha value is -0.920. The van der Waals surface area contributed by atoms with Crippen LogP contribution >= 0.6 is 15.9 Å². The number of ether oxygens (including phenoxy) is 2. The lowest BCUT2D eigenvalue weighted by molar-refractivity contribution is -0.0914. The predicted molar refractivity (Wildman–Crippen MR) is 63.5 cm³/mol. The van der Waals surface area contributed by atoms with Crippen LogP contribution in [0.4, 0.5) is 5.69 Å². The molecule has 1 heterocycles. The Kier molecular flexibility index (Phi) is 4.91. The first kappa shape index (κ1) is 13.1. The van der Waals surface area contributed by atoms with Crippen molar-refractivity contribution < 1.29 is 9.47 Å². The van der Waals surface area contributed by atoms with E-state index in [-0.39, 0.29) is 11.8 Å². The molecule has 0 radical (unpaired) electrons. The lowest BCUT2D eigenvalue weighted by Gasteiger charge is -2.15. The first-order valence-electron chi connectivity index (χ1n) is 4.61. The van der Waals surface area contributed by atoms with Gasteiger partial charge in [-0.15, -0.1) is 0 Å². The monoisotopic (exact) mass is 291 g/mol. The number of anilines is 1. The van der Waals surface area contributed by atoms with Crippen LogP contribution in [0.25, 0.3) is 0 Å². The lowest BCUT2D eigenvalue weighted by Crippen LogP contribution is -2.26. The summed E-state index contributed by atoms with van der Waals surface area (Å²) < 4.78 is 11.7. The summed E-state index contributed by atoms with van der Waals surface area (Å²) in [5.74, 6) is 0. The number of hydrogen-bond acceptors (Lipinski definition) is 5. The van der Waals surface area contributed by atoms with E-state index in [0.29, 0.717) is 16.7 Å². The summed E-state index contributed by atoms with van der Waals surface area (Å²) in [6.45, 7) is 0.431. The van der Waals surface area contributed by atoms with Gasteiger partial charge in [-0.05, 0) is 15.9 Å². The van der Waals surface area contributed by atoms with E-state index in [9.17, 15) is 4.79 Å². The van der Waals surface area contributed by atoms with Crippen LogP contribution in [0.2, 0.25) is 0 Å². The predicted octanol–water partition coefficient (Wildman–Crippen LogP) is 0.574. The molecule has 7 heteroatoms. The molecular formula is C9H14BrN3O3. The normalized spacial score (nSPS) is 10.8. The third-order valence-corrected chi connectivity index (χ3v) is 2.83. The van der Waals surface area contributed by atoms with Crippen molar-refractivity contribution in [3.8, 4) is 0 Å². The molecule has 1 aromatic heterocycles. The number of halogens is 1. The summed E-state index contributed by atoms with van der Waals surface area (Å²) in [6, 6.07) is 0. The number of aromatic nitrogens is 2. The summed E-state index contributed by atoms with van der Waals surface area (Å²) in [6.07, 6.45) is 1.20. The van der Waals surface area contributed by atoms with Crippen LogP contribution in [0.1, 0.15) is 0 Å². The molecule has 0 saturated carbocycles. The largest absolute Gasteiger partial charge is 0.378 e. The lowest BCUT2D eigenvalue weighted by atomic mass is 10.4. The van der Waals surface area contributed by atoms with Crippen LogP contribution in [-0.4, -0.2) is 36.8 Å². The van der Waals surface area contributed by atoms with Gasteiger partial charge in [-0.1, -0.05) is 0 Å². The minimum Gasteiger partial charge on any atom is -0.378 e. The summed E-state index contributed by atoms with van der Waals surface area (Å²) in [5.41, 5.74) is 0.415. The average molecular weight is 292 g/mol. The number of methoxy groups -OCH3 is 2. The van der Waals surface area contributed by atoms with E-state index in [1.165, 1.54) is 4.68 Å². The number of aryl methyl sites for hydroxylation is 1. The van der Waals surface area contributed by atoms with Crippen molar-refractivity contribution in [3.63, 3.8) is 0 Å². The Labute approximate surface area is 102 Å². The van der Waals surface area contributed by atoms with Gasteiger partial charge in [0, 0.05) is 21.3 Å². The fourth-order valence-electron chi connectivity index (χ4n) is 1.09. The van der Waals surface area contributed by atoms with Gasteiger partial charge in [0.1, 0.15) is 4.47 Å². The molecule has 1 rings (SSSR count). The SMILES string of the molecule is COC(CNc1cnn(C)c(=O)c1Br)OC.